The molecule has 5 nitrogen and oxygen atoms in total. The number of hydrogen-bond donors (Lipinski definition) is 0. The number of Topliss-reactive ketones (excluding diaryl/α,β-unsaturated/α-hetero) is 1. The van der Waals surface area contributed by atoms with Crippen LogP contribution in [0.5, 0.6) is 17.2 Å². The van der Waals surface area contributed by atoms with Gasteiger partial charge in [-0.3, -0.25) is 4.79 Å². The highest BCUT2D eigenvalue weighted by Gasteiger charge is 2.18. The van der Waals surface area contributed by atoms with Crippen molar-refractivity contribution in [3.63, 3.8) is 0 Å². The first-order chi connectivity index (χ1) is 11.0. The average Bonchev–Trinajstić information content (AvgIpc) is 2.53. The van der Waals surface area contributed by atoms with Crippen LogP contribution in [0.4, 0.5) is 0 Å². The maximum Gasteiger partial charge on any atom is 0.347 e. The van der Waals surface area contributed by atoms with E-state index in [9.17, 15) is 9.59 Å². The van der Waals surface area contributed by atoms with Crippen LogP contribution in [-0.2, 0) is 0 Å². The summed E-state index contributed by atoms with van der Waals surface area (Å²) in [4.78, 5) is 24.2. The van der Waals surface area contributed by atoms with Gasteiger partial charge in [-0.2, -0.15) is 0 Å². The molecule has 2 aromatic rings. The van der Waals surface area contributed by atoms with E-state index in [2.05, 4.69) is 0 Å². The minimum absolute atomic E-state index is 0.176. The molecular weight excluding hydrogens is 296 g/mol. The van der Waals surface area contributed by atoms with E-state index in [-0.39, 0.29) is 17.1 Å². The first kappa shape index (κ1) is 16.5. The SMILES string of the molecule is COc1ccc(OC)c(C(=O)Oc2cc(C)ccc2C(C)=O)c1. The molecule has 2 aromatic carbocycles. The van der Waals surface area contributed by atoms with Crippen molar-refractivity contribution >= 4 is 11.8 Å². The van der Waals surface area contributed by atoms with Crippen LogP contribution in [0.25, 0.3) is 0 Å². The summed E-state index contributed by atoms with van der Waals surface area (Å²) >= 11 is 0. The van der Waals surface area contributed by atoms with Gasteiger partial charge in [0.05, 0.1) is 19.8 Å². The smallest absolute Gasteiger partial charge is 0.347 e. The Hall–Kier alpha value is -2.82. The van der Waals surface area contributed by atoms with Crippen molar-refractivity contribution in [2.75, 3.05) is 14.2 Å². The molecule has 0 fully saturated rings. The Balaban J connectivity index is 2.40. The molecule has 0 saturated heterocycles. The van der Waals surface area contributed by atoms with Gasteiger partial charge in [0, 0.05) is 0 Å². The van der Waals surface area contributed by atoms with Crippen LogP contribution in [0.2, 0.25) is 0 Å². The Kier molecular flexibility index (Phi) is 5.01. The topological polar surface area (TPSA) is 61.8 Å². The second kappa shape index (κ2) is 6.96. The van der Waals surface area contributed by atoms with Gasteiger partial charge in [-0.1, -0.05) is 6.07 Å². The lowest BCUT2D eigenvalue weighted by molar-refractivity contribution is 0.0729. The van der Waals surface area contributed by atoms with E-state index in [0.717, 1.165) is 5.56 Å². The second-order valence-corrected chi connectivity index (χ2v) is 5.01. The van der Waals surface area contributed by atoms with Crippen LogP contribution < -0.4 is 14.2 Å². The molecule has 0 saturated carbocycles. The first-order valence-electron chi connectivity index (χ1n) is 7.02. The Labute approximate surface area is 134 Å². The van der Waals surface area contributed by atoms with Gasteiger partial charge >= 0.3 is 5.97 Å². The quantitative estimate of drug-likeness (QED) is 0.480. The van der Waals surface area contributed by atoms with Gasteiger partial charge in [0.2, 0.25) is 0 Å². The van der Waals surface area contributed by atoms with Gasteiger partial charge in [0.1, 0.15) is 22.8 Å². The number of esters is 1. The predicted molar refractivity (Wildman–Crippen MR) is 85.7 cm³/mol. The van der Waals surface area contributed by atoms with Crippen molar-refractivity contribution < 1.29 is 23.8 Å². The first-order valence-corrected chi connectivity index (χ1v) is 7.02. The summed E-state index contributed by atoms with van der Waals surface area (Å²) in [6, 6.07) is 9.93. The van der Waals surface area contributed by atoms with Crippen molar-refractivity contribution in [1.29, 1.82) is 0 Å². The van der Waals surface area contributed by atoms with E-state index in [0.29, 0.717) is 17.1 Å². The highest BCUT2D eigenvalue weighted by molar-refractivity contribution is 6.00. The molecule has 120 valence electrons. The van der Waals surface area contributed by atoms with Crippen molar-refractivity contribution in [1.82, 2.24) is 0 Å². The van der Waals surface area contributed by atoms with Gasteiger partial charge in [0.25, 0.3) is 0 Å². The van der Waals surface area contributed by atoms with Crippen molar-refractivity contribution in [2.24, 2.45) is 0 Å². The maximum absolute atomic E-state index is 12.5. The molecule has 0 aliphatic carbocycles. The fourth-order valence-corrected chi connectivity index (χ4v) is 2.13. The molecule has 0 spiro atoms. The molecule has 0 bridgehead atoms. The van der Waals surface area contributed by atoms with Crippen molar-refractivity contribution in [2.45, 2.75) is 13.8 Å². The highest BCUT2D eigenvalue weighted by Crippen LogP contribution is 2.27. The number of benzene rings is 2. The van der Waals surface area contributed by atoms with Crippen LogP contribution in [0, 0.1) is 6.92 Å². The minimum atomic E-state index is -0.617. The standard InChI is InChI=1S/C18H18O5/c1-11-5-7-14(12(2)19)17(9-11)23-18(20)15-10-13(21-3)6-8-16(15)22-4/h5-10H,1-4H3. The molecule has 23 heavy (non-hydrogen) atoms. The number of carbonyl (C=O) groups is 2. The average molecular weight is 314 g/mol. The van der Waals surface area contributed by atoms with Crippen LogP contribution >= 0.6 is 0 Å². The normalized spacial score (nSPS) is 10.1. The van der Waals surface area contributed by atoms with Gasteiger partial charge in [0.15, 0.2) is 5.78 Å². The van der Waals surface area contributed by atoms with Crippen LogP contribution in [-0.4, -0.2) is 26.0 Å². The number of methoxy groups -OCH3 is 2. The van der Waals surface area contributed by atoms with Crippen LogP contribution in [0.15, 0.2) is 36.4 Å². The van der Waals surface area contributed by atoms with E-state index >= 15 is 0 Å². The summed E-state index contributed by atoms with van der Waals surface area (Å²) < 4.78 is 15.7. The lowest BCUT2D eigenvalue weighted by Gasteiger charge is -2.12. The molecule has 0 amide bonds. The number of carbonyl (C=O) groups excluding carboxylic acids is 2. The molecule has 0 aliphatic heterocycles. The van der Waals surface area contributed by atoms with Crippen molar-refractivity contribution in [3.05, 3.63) is 53.1 Å². The largest absolute Gasteiger partial charge is 0.497 e. The van der Waals surface area contributed by atoms with E-state index in [1.807, 2.05) is 6.92 Å². The Morgan fingerprint density at radius 2 is 1.61 bits per heavy atom. The van der Waals surface area contributed by atoms with E-state index in [4.69, 9.17) is 14.2 Å². The summed E-state index contributed by atoms with van der Waals surface area (Å²) in [6.07, 6.45) is 0. The molecule has 2 rings (SSSR count). The van der Waals surface area contributed by atoms with Crippen LogP contribution in [0.1, 0.15) is 33.2 Å². The third-order valence-electron chi connectivity index (χ3n) is 3.35. The summed E-state index contributed by atoms with van der Waals surface area (Å²) in [7, 11) is 2.97. The molecule has 0 aromatic heterocycles. The summed E-state index contributed by atoms with van der Waals surface area (Å²) in [5.41, 5.74) is 1.46. The molecule has 0 heterocycles. The lowest BCUT2D eigenvalue weighted by Crippen LogP contribution is -2.12. The van der Waals surface area contributed by atoms with Crippen molar-refractivity contribution in [3.8, 4) is 17.2 Å². The fourth-order valence-electron chi connectivity index (χ4n) is 2.13. The third kappa shape index (κ3) is 3.69. The fraction of sp³-hybridized carbons (Fsp3) is 0.222. The van der Waals surface area contributed by atoms with Gasteiger partial charge in [-0.15, -0.1) is 0 Å². The van der Waals surface area contributed by atoms with E-state index in [1.165, 1.54) is 27.2 Å². The summed E-state index contributed by atoms with van der Waals surface area (Å²) in [5.74, 6) is 0.313. The number of rotatable bonds is 5. The van der Waals surface area contributed by atoms with Gasteiger partial charge < -0.3 is 14.2 Å². The number of aryl methyl sites for hydroxylation is 1. The monoisotopic (exact) mass is 314 g/mol. The zero-order chi connectivity index (χ0) is 17.0. The van der Waals surface area contributed by atoms with Crippen LogP contribution in [0.3, 0.4) is 0 Å². The molecule has 5 heteroatoms. The van der Waals surface area contributed by atoms with E-state index < -0.39 is 5.97 Å². The predicted octanol–water partition coefficient (Wildman–Crippen LogP) is 3.43. The molecule has 0 aliphatic rings. The number of hydrogen-bond acceptors (Lipinski definition) is 5. The van der Waals surface area contributed by atoms with Gasteiger partial charge in [-0.25, -0.2) is 4.79 Å². The van der Waals surface area contributed by atoms with Gasteiger partial charge in [-0.05, 0) is 49.7 Å². The molecule has 0 unspecified atom stereocenters. The Morgan fingerprint density at radius 1 is 0.870 bits per heavy atom. The molecule has 0 radical (unpaired) electrons. The highest BCUT2D eigenvalue weighted by atomic mass is 16.5. The molecule has 0 atom stereocenters. The Morgan fingerprint density at radius 3 is 2.22 bits per heavy atom. The minimum Gasteiger partial charge on any atom is -0.497 e. The second-order valence-electron chi connectivity index (χ2n) is 5.01. The lowest BCUT2D eigenvalue weighted by atomic mass is 10.1. The zero-order valence-electron chi connectivity index (χ0n) is 13.5. The molecule has 0 N–H and O–H groups in total. The summed E-state index contributed by atoms with van der Waals surface area (Å²) in [6.45, 7) is 3.28. The van der Waals surface area contributed by atoms with E-state index in [1.54, 1.807) is 30.3 Å². The number of ether oxygens (including phenoxy) is 3. The summed E-state index contributed by atoms with van der Waals surface area (Å²) in [5, 5.41) is 0. The Bertz CT molecular complexity index is 749. The zero-order valence-corrected chi connectivity index (χ0v) is 13.5. The third-order valence-corrected chi connectivity index (χ3v) is 3.35. The molecular formula is C18H18O5. The number of ketones is 1. The maximum atomic E-state index is 12.5.